The van der Waals surface area contributed by atoms with Crippen molar-refractivity contribution in [3.8, 4) is 0 Å². The summed E-state index contributed by atoms with van der Waals surface area (Å²) in [5.41, 5.74) is 5.35. The third kappa shape index (κ3) is 3.31. The predicted octanol–water partition coefficient (Wildman–Crippen LogP) is 3.28. The van der Waals surface area contributed by atoms with Gasteiger partial charge in [-0.25, -0.2) is 0 Å². The molecule has 2 aromatic carbocycles. The Morgan fingerprint density at radius 1 is 0.963 bits per heavy atom. The molecule has 2 aliphatic heterocycles. The van der Waals surface area contributed by atoms with Crippen LogP contribution < -0.4 is 14.7 Å². The lowest BCUT2D eigenvalue weighted by Crippen LogP contribution is -2.37. The molecule has 2 saturated heterocycles. The molecule has 0 aliphatic carbocycles. The highest BCUT2D eigenvalue weighted by molar-refractivity contribution is 7.81. The Morgan fingerprint density at radius 2 is 1.59 bits per heavy atom. The number of carbonyl (C=O) groups is 1. The van der Waals surface area contributed by atoms with Gasteiger partial charge in [-0.15, -0.1) is 0 Å². The number of aryl methyl sites for hydroxylation is 2. The number of carbonyl (C=O) groups excluding carboxylic acids is 1. The Kier molecular flexibility index (Phi) is 4.85. The van der Waals surface area contributed by atoms with Crippen LogP contribution in [0.1, 0.15) is 11.1 Å². The molecule has 0 saturated carbocycles. The first kappa shape index (κ1) is 17.9. The minimum Gasteiger partial charge on any atom is -0.378 e. The molecular weight excluding hydrogens is 358 g/mol. The molecule has 0 radical (unpaired) electrons. The van der Waals surface area contributed by atoms with Crippen LogP contribution in [0.3, 0.4) is 0 Å². The second-order valence-electron chi connectivity index (χ2n) is 6.96. The number of rotatable bonds is 3. The molecule has 6 heteroatoms. The van der Waals surface area contributed by atoms with Gasteiger partial charge < -0.3 is 14.5 Å². The first-order valence-corrected chi connectivity index (χ1v) is 9.60. The molecule has 2 fully saturated rings. The van der Waals surface area contributed by atoms with Gasteiger partial charge in [0.05, 0.1) is 18.9 Å². The quantitative estimate of drug-likeness (QED) is 0.763. The fourth-order valence-electron chi connectivity index (χ4n) is 3.74. The molecule has 1 amide bonds. The number of benzene rings is 2. The molecule has 0 spiro atoms. The van der Waals surface area contributed by atoms with Crippen molar-refractivity contribution >= 4 is 40.3 Å². The minimum atomic E-state index is 0.000471. The van der Waals surface area contributed by atoms with Gasteiger partial charge in [0.25, 0.3) is 5.91 Å². The van der Waals surface area contributed by atoms with Crippen molar-refractivity contribution in [3.63, 3.8) is 0 Å². The molecule has 140 valence electrons. The number of morpholine rings is 1. The number of hydrogen-bond acceptors (Lipinski definition) is 4. The highest BCUT2D eigenvalue weighted by Gasteiger charge is 2.35. The van der Waals surface area contributed by atoms with Crippen LogP contribution in [-0.4, -0.2) is 43.9 Å². The van der Waals surface area contributed by atoms with Crippen molar-refractivity contribution < 1.29 is 9.53 Å². The molecule has 2 heterocycles. The number of anilines is 3. The standard InChI is InChI=1S/C21H23N3O2S/c1-15-13-19(16(2)12-18(15)22-8-10-26-11-9-22)23-14-20(25)24(21(23)27)17-6-4-3-5-7-17/h3-7,12-13H,8-11,14H2,1-2H3. The maximum absolute atomic E-state index is 12.7. The molecular formula is C21H23N3O2S. The van der Waals surface area contributed by atoms with E-state index in [2.05, 4.69) is 30.9 Å². The topological polar surface area (TPSA) is 36.0 Å². The third-order valence-corrected chi connectivity index (χ3v) is 5.54. The van der Waals surface area contributed by atoms with Crippen molar-refractivity contribution in [2.24, 2.45) is 0 Å². The summed E-state index contributed by atoms with van der Waals surface area (Å²) in [6.07, 6.45) is 0. The summed E-state index contributed by atoms with van der Waals surface area (Å²) in [6, 6.07) is 13.9. The summed E-state index contributed by atoms with van der Waals surface area (Å²) in [4.78, 5) is 18.6. The number of ether oxygens (including phenoxy) is 1. The zero-order valence-corrected chi connectivity index (χ0v) is 16.5. The van der Waals surface area contributed by atoms with Crippen LogP contribution in [0.2, 0.25) is 0 Å². The van der Waals surface area contributed by atoms with Gasteiger partial charge in [0.15, 0.2) is 5.11 Å². The molecule has 2 aliphatic rings. The molecule has 4 rings (SSSR count). The van der Waals surface area contributed by atoms with Crippen molar-refractivity contribution in [1.29, 1.82) is 0 Å². The summed E-state index contributed by atoms with van der Waals surface area (Å²) >= 11 is 5.67. The summed E-state index contributed by atoms with van der Waals surface area (Å²) < 4.78 is 5.47. The van der Waals surface area contributed by atoms with Crippen molar-refractivity contribution in [2.75, 3.05) is 47.5 Å². The van der Waals surface area contributed by atoms with Crippen molar-refractivity contribution in [1.82, 2.24) is 0 Å². The SMILES string of the molecule is Cc1cc(N2CC(=O)N(c3ccccc3)C2=S)c(C)cc1N1CCOCC1. The van der Waals surface area contributed by atoms with E-state index in [1.54, 1.807) is 4.90 Å². The van der Waals surface area contributed by atoms with Crippen molar-refractivity contribution in [3.05, 3.63) is 53.6 Å². The summed E-state index contributed by atoms with van der Waals surface area (Å²) in [7, 11) is 0. The Bertz CT molecular complexity index is 878. The third-order valence-electron chi connectivity index (χ3n) is 5.14. The van der Waals surface area contributed by atoms with Crippen LogP contribution in [0.15, 0.2) is 42.5 Å². The first-order valence-electron chi connectivity index (χ1n) is 9.19. The number of para-hydroxylation sites is 1. The maximum Gasteiger partial charge on any atom is 0.253 e. The lowest BCUT2D eigenvalue weighted by atomic mass is 10.1. The van der Waals surface area contributed by atoms with Gasteiger partial charge >= 0.3 is 0 Å². The average Bonchev–Trinajstić information content (AvgIpc) is 2.98. The molecule has 0 bridgehead atoms. The Morgan fingerprint density at radius 3 is 2.30 bits per heavy atom. The van der Waals surface area contributed by atoms with E-state index in [1.165, 1.54) is 11.3 Å². The highest BCUT2D eigenvalue weighted by atomic mass is 32.1. The number of hydrogen-bond donors (Lipinski definition) is 0. The van der Waals surface area contributed by atoms with E-state index in [9.17, 15) is 4.79 Å². The van der Waals surface area contributed by atoms with Gasteiger partial charge in [-0.2, -0.15) is 0 Å². The number of thiocarbonyl (C=S) groups is 1. The fourth-order valence-corrected chi connectivity index (χ4v) is 4.11. The first-order chi connectivity index (χ1) is 13.1. The lowest BCUT2D eigenvalue weighted by molar-refractivity contribution is -0.115. The van der Waals surface area contributed by atoms with Gasteiger partial charge in [0.2, 0.25) is 0 Å². The molecule has 2 aromatic rings. The van der Waals surface area contributed by atoms with E-state index < -0.39 is 0 Å². The molecule has 0 atom stereocenters. The summed E-state index contributed by atoms with van der Waals surface area (Å²) in [5.74, 6) is 0.000471. The fraction of sp³-hybridized carbons (Fsp3) is 0.333. The zero-order valence-electron chi connectivity index (χ0n) is 15.6. The average molecular weight is 382 g/mol. The largest absolute Gasteiger partial charge is 0.378 e. The Hall–Kier alpha value is -2.44. The van der Waals surface area contributed by atoms with Crippen LogP contribution in [0.5, 0.6) is 0 Å². The van der Waals surface area contributed by atoms with Crippen molar-refractivity contribution in [2.45, 2.75) is 13.8 Å². The predicted molar refractivity (Wildman–Crippen MR) is 113 cm³/mol. The molecule has 27 heavy (non-hydrogen) atoms. The van der Waals surface area contributed by atoms with E-state index in [-0.39, 0.29) is 12.5 Å². The van der Waals surface area contributed by atoms with Gasteiger partial charge in [0, 0.05) is 24.5 Å². The molecule has 5 nitrogen and oxygen atoms in total. The number of nitrogens with zero attached hydrogens (tertiary/aromatic N) is 3. The Labute approximate surface area is 165 Å². The van der Waals surface area contributed by atoms with E-state index in [0.29, 0.717) is 5.11 Å². The number of amides is 1. The van der Waals surface area contributed by atoms with Crippen LogP contribution in [0.25, 0.3) is 0 Å². The van der Waals surface area contributed by atoms with E-state index in [4.69, 9.17) is 17.0 Å². The van der Waals surface area contributed by atoms with Gasteiger partial charge in [-0.1, -0.05) is 18.2 Å². The normalized spacial score (nSPS) is 17.8. The van der Waals surface area contributed by atoms with E-state index in [1.807, 2.05) is 35.2 Å². The highest BCUT2D eigenvalue weighted by Crippen LogP contribution is 2.33. The van der Waals surface area contributed by atoms with Gasteiger partial charge in [-0.3, -0.25) is 9.69 Å². The molecule has 0 aromatic heterocycles. The summed E-state index contributed by atoms with van der Waals surface area (Å²) in [5, 5.41) is 0.535. The van der Waals surface area contributed by atoms with Crippen LogP contribution in [-0.2, 0) is 9.53 Å². The molecule has 0 unspecified atom stereocenters. The monoisotopic (exact) mass is 381 g/mol. The van der Waals surface area contributed by atoms with Gasteiger partial charge in [0.1, 0.15) is 6.54 Å². The van der Waals surface area contributed by atoms with E-state index in [0.717, 1.165) is 43.2 Å². The van der Waals surface area contributed by atoms with E-state index >= 15 is 0 Å². The van der Waals surface area contributed by atoms with Crippen LogP contribution in [0, 0.1) is 13.8 Å². The second kappa shape index (κ2) is 7.29. The smallest absolute Gasteiger partial charge is 0.253 e. The Balaban J connectivity index is 1.65. The lowest BCUT2D eigenvalue weighted by Gasteiger charge is -2.31. The van der Waals surface area contributed by atoms with Gasteiger partial charge in [-0.05, 0) is 61.5 Å². The summed E-state index contributed by atoms with van der Waals surface area (Å²) in [6.45, 7) is 7.80. The van der Waals surface area contributed by atoms with Crippen LogP contribution >= 0.6 is 12.2 Å². The maximum atomic E-state index is 12.7. The zero-order chi connectivity index (χ0) is 19.0. The van der Waals surface area contributed by atoms with Crippen LogP contribution in [0.4, 0.5) is 17.1 Å². The molecule has 0 N–H and O–H groups in total. The second-order valence-corrected chi connectivity index (χ2v) is 7.32. The minimum absolute atomic E-state index is 0.000471.